The average Bonchev–Trinajstić information content (AvgIpc) is 2.82. The number of hydrogen-bond donors (Lipinski definition) is 0. The van der Waals surface area contributed by atoms with Gasteiger partial charge in [0.05, 0.1) is 11.8 Å². The van der Waals surface area contributed by atoms with Gasteiger partial charge in [0.15, 0.2) is 5.82 Å². The van der Waals surface area contributed by atoms with Crippen molar-refractivity contribution in [3.8, 4) is 0 Å². The number of halogens is 1. The van der Waals surface area contributed by atoms with Crippen LogP contribution in [-0.2, 0) is 16.0 Å². The SMILES string of the molecule is CCc1nc(Cl)nc2c1N(C)C(=O)[C@]1(C)C[C@@H](OC)CN21. The maximum atomic E-state index is 12.8. The third kappa shape index (κ3) is 1.92. The van der Waals surface area contributed by atoms with Gasteiger partial charge in [-0.3, -0.25) is 4.79 Å². The van der Waals surface area contributed by atoms with Gasteiger partial charge < -0.3 is 14.5 Å². The molecule has 3 rings (SSSR count). The van der Waals surface area contributed by atoms with E-state index >= 15 is 0 Å². The standard InChI is InChI=1S/C14H19ClN4O2/c1-5-9-10-11(17-13(15)16-9)19-7-8(21-4)6-14(19,2)12(20)18(10)3/h8H,5-7H2,1-4H3/t8-,14+/m1/s1. The second kappa shape index (κ2) is 4.81. The van der Waals surface area contributed by atoms with Crippen LogP contribution in [0.1, 0.15) is 26.0 Å². The lowest BCUT2D eigenvalue weighted by molar-refractivity contribution is -0.123. The van der Waals surface area contributed by atoms with Crippen molar-refractivity contribution < 1.29 is 9.53 Å². The molecule has 1 aromatic rings. The molecule has 2 aliphatic heterocycles. The molecule has 1 amide bonds. The topological polar surface area (TPSA) is 58.6 Å². The maximum absolute atomic E-state index is 12.8. The van der Waals surface area contributed by atoms with Crippen LogP contribution in [0, 0.1) is 0 Å². The van der Waals surface area contributed by atoms with Gasteiger partial charge >= 0.3 is 0 Å². The molecule has 0 N–H and O–H groups in total. The van der Waals surface area contributed by atoms with E-state index in [9.17, 15) is 4.79 Å². The molecule has 2 aliphatic rings. The van der Waals surface area contributed by atoms with Crippen LogP contribution in [-0.4, -0.2) is 48.2 Å². The van der Waals surface area contributed by atoms with Crippen LogP contribution in [0.15, 0.2) is 0 Å². The molecule has 0 spiro atoms. The predicted molar refractivity (Wildman–Crippen MR) is 81.0 cm³/mol. The predicted octanol–water partition coefficient (Wildman–Crippen LogP) is 1.65. The summed E-state index contributed by atoms with van der Waals surface area (Å²) in [7, 11) is 3.45. The first-order chi connectivity index (χ1) is 9.92. The van der Waals surface area contributed by atoms with Crippen LogP contribution in [0.2, 0.25) is 5.28 Å². The van der Waals surface area contributed by atoms with E-state index in [1.807, 2.05) is 18.7 Å². The Balaban J connectivity index is 2.21. The molecule has 0 unspecified atom stereocenters. The number of hydrogen-bond acceptors (Lipinski definition) is 5. The first kappa shape index (κ1) is 14.5. The van der Waals surface area contributed by atoms with E-state index in [2.05, 4.69) is 9.97 Å². The second-order valence-electron chi connectivity index (χ2n) is 5.78. The van der Waals surface area contributed by atoms with Crippen molar-refractivity contribution in [3.05, 3.63) is 11.0 Å². The zero-order valence-electron chi connectivity index (χ0n) is 12.7. The van der Waals surface area contributed by atoms with E-state index in [-0.39, 0.29) is 17.3 Å². The van der Waals surface area contributed by atoms with Crippen LogP contribution in [0.3, 0.4) is 0 Å². The zero-order valence-corrected chi connectivity index (χ0v) is 13.4. The number of aryl methyl sites for hydroxylation is 1. The van der Waals surface area contributed by atoms with Crippen molar-refractivity contribution in [1.82, 2.24) is 9.97 Å². The summed E-state index contributed by atoms with van der Waals surface area (Å²) < 4.78 is 5.46. The van der Waals surface area contributed by atoms with Crippen molar-refractivity contribution in [1.29, 1.82) is 0 Å². The minimum Gasteiger partial charge on any atom is -0.380 e. The Morgan fingerprint density at radius 1 is 1.48 bits per heavy atom. The Bertz CT molecular complexity index is 609. The quantitative estimate of drug-likeness (QED) is 0.777. The number of fused-ring (bicyclic) bond motifs is 3. The third-order valence-electron chi connectivity index (χ3n) is 4.54. The number of likely N-dealkylation sites (N-methyl/N-ethyl adjacent to an activating group) is 1. The molecule has 0 aliphatic carbocycles. The lowest BCUT2D eigenvalue weighted by Crippen LogP contribution is -2.58. The monoisotopic (exact) mass is 310 g/mol. The van der Waals surface area contributed by atoms with E-state index in [1.54, 1.807) is 19.1 Å². The van der Waals surface area contributed by atoms with E-state index in [0.29, 0.717) is 19.4 Å². The number of rotatable bonds is 2. The molecule has 1 aromatic heterocycles. The first-order valence-electron chi connectivity index (χ1n) is 7.07. The summed E-state index contributed by atoms with van der Waals surface area (Å²) in [5, 5.41) is 0.219. The Labute approximate surface area is 129 Å². The van der Waals surface area contributed by atoms with Crippen molar-refractivity contribution in [2.45, 2.75) is 38.3 Å². The van der Waals surface area contributed by atoms with Gasteiger partial charge in [0, 0.05) is 27.1 Å². The van der Waals surface area contributed by atoms with E-state index in [0.717, 1.165) is 17.2 Å². The molecule has 1 fully saturated rings. The van der Waals surface area contributed by atoms with Crippen molar-refractivity contribution in [2.24, 2.45) is 0 Å². The lowest BCUT2D eigenvalue weighted by Gasteiger charge is -2.43. The van der Waals surface area contributed by atoms with Crippen molar-refractivity contribution in [2.75, 3.05) is 30.5 Å². The summed E-state index contributed by atoms with van der Waals surface area (Å²) in [5.41, 5.74) is 0.926. The molecule has 0 saturated carbocycles. The van der Waals surface area contributed by atoms with Gasteiger partial charge in [-0.2, -0.15) is 4.98 Å². The Hall–Kier alpha value is -1.40. The molecule has 0 aromatic carbocycles. The molecule has 3 heterocycles. The van der Waals surface area contributed by atoms with Gasteiger partial charge in [-0.1, -0.05) is 6.92 Å². The average molecular weight is 311 g/mol. The van der Waals surface area contributed by atoms with E-state index in [4.69, 9.17) is 16.3 Å². The van der Waals surface area contributed by atoms with Crippen LogP contribution < -0.4 is 9.80 Å². The fourth-order valence-electron chi connectivity index (χ4n) is 3.40. The highest BCUT2D eigenvalue weighted by Gasteiger charge is 2.54. The summed E-state index contributed by atoms with van der Waals surface area (Å²) in [6, 6.07) is 0. The van der Waals surface area contributed by atoms with Gasteiger partial charge in [-0.25, -0.2) is 4.98 Å². The van der Waals surface area contributed by atoms with Crippen LogP contribution in [0.25, 0.3) is 0 Å². The van der Waals surface area contributed by atoms with Gasteiger partial charge in [0.25, 0.3) is 5.91 Å². The molecular formula is C14H19ClN4O2. The molecule has 1 saturated heterocycles. The largest absolute Gasteiger partial charge is 0.380 e. The van der Waals surface area contributed by atoms with Gasteiger partial charge in [0.1, 0.15) is 11.2 Å². The van der Waals surface area contributed by atoms with Gasteiger partial charge in [-0.15, -0.1) is 0 Å². The number of carbonyl (C=O) groups excluding carboxylic acids is 1. The van der Waals surface area contributed by atoms with Crippen LogP contribution in [0.5, 0.6) is 0 Å². The fraction of sp³-hybridized carbons (Fsp3) is 0.643. The summed E-state index contributed by atoms with van der Waals surface area (Å²) in [5.74, 6) is 0.783. The second-order valence-corrected chi connectivity index (χ2v) is 6.11. The Kier molecular flexibility index (Phi) is 3.33. The molecule has 0 radical (unpaired) electrons. The number of carbonyl (C=O) groups is 1. The highest BCUT2D eigenvalue weighted by atomic mass is 35.5. The number of nitrogens with zero attached hydrogens (tertiary/aromatic N) is 4. The van der Waals surface area contributed by atoms with Gasteiger partial charge in [0.2, 0.25) is 5.28 Å². The van der Waals surface area contributed by atoms with E-state index < -0.39 is 5.54 Å². The molecule has 7 heteroatoms. The van der Waals surface area contributed by atoms with Crippen molar-refractivity contribution in [3.63, 3.8) is 0 Å². The van der Waals surface area contributed by atoms with Gasteiger partial charge in [-0.05, 0) is 24.9 Å². The number of anilines is 2. The number of amides is 1. The molecule has 21 heavy (non-hydrogen) atoms. The zero-order chi connectivity index (χ0) is 15.4. The highest BCUT2D eigenvalue weighted by Crippen LogP contribution is 2.46. The summed E-state index contributed by atoms with van der Waals surface area (Å²) >= 11 is 6.07. The lowest BCUT2D eigenvalue weighted by atomic mass is 9.93. The van der Waals surface area contributed by atoms with Crippen LogP contribution >= 0.6 is 11.6 Å². The molecule has 6 nitrogen and oxygen atoms in total. The maximum Gasteiger partial charge on any atom is 0.252 e. The Morgan fingerprint density at radius 3 is 2.81 bits per heavy atom. The minimum atomic E-state index is -0.634. The summed E-state index contributed by atoms with van der Waals surface area (Å²) in [4.78, 5) is 25.2. The van der Waals surface area contributed by atoms with E-state index in [1.165, 1.54) is 0 Å². The molecule has 114 valence electrons. The summed E-state index contributed by atoms with van der Waals surface area (Å²) in [6.45, 7) is 4.57. The molecule has 2 atom stereocenters. The molecule has 0 bridgehead atoms. The number of methoxy groups -OCH3 is 1. The third-order valence-corrected chi connectivity index (χ3v) is 4.71. The first-order valence-corrected chi connectivity index (χ1v) is 7.45. The van der Waals surface area contributed by atoms with Crippen molar-refractivity contribution >= 4 is 29.0 Å². The molecular weight excluding hydrogens is 292 g/mol. The minimum absolute atomic E-state index is 0.0112. The van der Waals surface area contributed by atoms with Crippen LogP contribution in [0.4, 0.5) is 11.5 Å². The number of aromatic nitrogens is 2. The fourth-order valence-corrected chi connectivity index (χ4v) is 3.59. The smallest absolute Gasteiger partial charge is 0.252 e. The Morgan fingerprint density at radius 2 is 2.19 bits per heavy atom. The number of ether oxygens (including phenoxy) is 1. The summed E-state index contributed by atoms with van der Waals surface area (Å²) in [6.07, 6.45) is 1.35. The highest BCUT2D eigenvalue weighted by molar-refractivity contribution is 6.28. The normalized spacial score (nSPS) is 27.9.